The molecule has 2 rings (SSSR count). The Morgan fingerprint density at radius 1 is 1.16 bits per heavy atom. The number of unbranched alkanes of at least 4 members (excludes halogenated alkanes) is 1. The molecule has 0 aliphatic rings. The molecule has 0 saturated carbocycles. The average molecular weight is 342 g/mol. The normalized spacial score (nSPS) is 11.6. The number of nitrogens with zero attached hydrogens (tertiary/aromatic N) is 4. The molecular weight excluding hydrogens is 312 g/mol. The first-order valence-electron chi connectivity index (χ1n) is 9.18. The number of aliphatic imine (C=N–C) groups is 1. The molecule has 0 aliphatic heterocycles. The Hall–Kier alpha value is -2.37. The molecule has 1 aromatic carbocycles. The zero-order valence-electron chi connectivity index (χ0n) is 15.6. The largest absolute Gasteiger partial charge is 0.356 e. The summed E-state index contributed by atoms with van der Waals surface area (Å²) in [7, 11) is 0. The number of aryl methyl sites for hydroxylation is 2. The van der Waals surface area contributed by atoms with Crippen molar-refractivity contribution in [2.24, 2.45) is 4.99 Å². The van der Waals surface area contributed by atoms with E-state index in [0.717, 1.165) is 44.3 Å². The summed E-state index contributed by atoms with van der Waals surface area (Å²) < 4.78 is 2.08. The van der Waals surface area contributed by atoms with Crippen LogP contribution in [0.4, 0.5) is 0 Å². The number of hydrogen-bond acceptors (Lipinski definition) is 3. The van der Waals surface area contributed by atoms with Gasteiger partial charge in [0.15, 0.2) is 5.96 Å². The van der Waals surface area contributed by atoms with E-state index in [9.17, 15) is 0 Å². The first kappa shape index (κ1) is 19.0. The van der Waals surface area contributed by atoms with Gasteiger partial charge in [-0.1, -0.05) is 44.5 Å². The fourth-order valence-corrected chi connectivity index (χ4v) is 2.54. The van der Waals surface area contributed by atoms with Crippen molar-refractivity contribution in [2.45, 2.75) is 53.1 Å². The Labute approximate surface area is 150 Å². The maximum Gasteiger partial charge on any atom is 0.191 e. The number of guanidine groups is 1. The predicted octanol–water partition coefficient (Wildman–Crippen LogP) is 2.68. The molecule has 6 nitrogen and oxygen atoms in total. The van der Waals surface area contributed by atoms with Crippen molar-refractivity contribution in [1.29, 1.82) is 0 Å². The molecule has 0 bridgehead atoms. The van der Waals surface area contributed by atoms with Crippen molar-refractivity contribution in [2.75, 3.05) is 13.1 Å². The first-order valence-corrected chi connectivity index (χ1v) is 9.18. The summed E-state index contributed by atoms with van der Waals surface area (Å²) in [5, 5.41) is 14.9. The lowest BCUT2D eigenvalue weighted by atomic mass is 10.1. The Bertz CT molecular complexity index is 661. The Balaban J connectivity index is 1.92. The van der Waals surface area contributed by atoms with Gasteiger partial charge in [0.2, 0.25) is 0 Å². The van der Waals surface area contributed by atoms with E-state index in [2.05, 4.69) is 70.4 Å². The number of rotatable bonds is 9. The van der Waals surface area contributed by atoms with Gasteiger partial charge < -0.3 is 15.2 Å². The summed E-state index contributed by atoms with van der Waals surface area (Å²) in [6.45, 7) is 9.64. The van der Waals surface area contributed by atoms with Crippen LogP contribution in [0.1, 0.15) is 43.6 Å². The van der Waals surface area contributed by atoms with Crippen LogP contribution < -0.4 is 10.6 Å². The fraction of sp³-hybridized carbons (Fsp3) is 0.526. The minimum Gasteiger partial charge on any atom is -0.356 e. The molecule has 2 aromatic rings. The minimum absolute atomic E-state index is 0.682. The van der Waals surface area contributed by atoms with E-state index >= 15 is 0 Å². The number of benzene rings is 1. The Kier molecular flexibility index (Phi) is 7.95. The van der Waals surface area contributed by atoms with Gasteiger partial charge in [-0.05, 0) is 24.5 Å². The highest BCUT2D eigenvalue weighted by Gasteiger charge is 2.03. The van der Waals surface area contributed by atoms with Gasteiger partial charge in [-0.25, -0.2) is 4.99 Å². The third kappa shape index (κ3) is 6.21. The molecule has 6 heteroatoms. The zero-order chi connectivity index (χ0) is 17.9. The third-order valence-corrected chi connectivity index (χ3v) is 4.15. The number of hydrogen-bond donors (Lipinski definition) is 2. The van der Waals surface area contributed by atoms with Crippen LogP contribution in [0.3, 0.4) is 0 Å². The average Bonchev–Trinajstić information content (AvgIpc) is 3.08. The molecular formula is C19H30N6. The molecule has 0 unspecified atom stereocenters. The summed E-state index contributed by atoms with van der Waals surface area (Å²) in [5.41, 5.74) is 2.53. The van der Waals surface area contributed by atoms with Gasteiger partial charge in [0.05, 0.1) is 6.54 Å². The van der Waals surface area contributed by atoms with E-state index in [0.29, 0.717) is 6.54 Å². The maximum absolute atomic E-state index is 4.74. The molecule has 0 saturated heterocycles. The Morgan fingerprint density at radius 2 is 1.96 bits per heavy atom. The van der Waals surface area contributed by atoms with Crippen molar-refractivity contribution >= 4 is 5.96 Å². The molecule has 0 fully saturated rings. The van der Waals surface area contributed by atoms with Crippen molar-refractivity contribution in [3.63, 3.8) is 0 Å². The second-order valence-electron chi connectivity index (χ2n) is 6.09. The van der Waals surface area contributed by atoms with Gasteiger partial charge in [-0.15, -0.1) is 10.2 Å². The SMILES string of the molecule is CCCCNC(=NCc1ccccc1C)NCCn1cnnc1CC. The first-order chi connectivity index (χ1) is 12.2. The lowest BCUT2D eigenvalue weighted by Gasteiger charge is -2.13. The molecule has 0 atom stereocenters. The van der Waals surface area contributed by atoms with E-state index < -0.39 is 0 Å². The van der Waals surface area contributed by atoms with Crippen molar-refractivity contribution in [1.82, 2.24) is 25.4 Å². The summed E-state index contributed by atoms with van der Waals surface area (Å²) in [5.74, 6) is 1.88. The third-order valence-electron chi connectivity index (χ3n) is 4.15. The smallest absolute Gasteiger partial charge is 0.191 e. The van der Waals surface area contributed by atoms with E-state index in [1.807, 2.05) is 0 Å². The highest BCUT2D eigenvalue weighted by Crippen LogP contribution is 2.07. The summed E-state index contributed by atoms with van der Waals surface area (Å²) >= 11 is 0. The molecule has 0 spiro atoms. The summed E-state index contributed by atoms with van der Waals surface area (Å²) in [6, 6.07) is 8.38. The molecule has 2 N–H and O–H groups in total. The summed E-state index contributed by atoms with van der Waals surface area (Å²) in [4.78, 5) is 4.74. The number of aromatic nitrogens is 3. The standard InChI is InChI=1S/C19H30N6/c1-4-6-11-20-19(22-14-17-10-8-7-9-16(17)3)21-12-13-25-15-23-24-18(25)5-2/h7-10,15H,4-6,11-14H2,1-3H3,(H2,20,21,22). The Morgan fingerprint density at radius 3 is 2.72 bits per heavy atom. The second kappa shape index (κ2) is 10.5. The van der Waals surface area contributed by atoms with Crippen LogP contribution in [-0.4, -0.2) is 33.8 Å². The van der Waals surface area contributed by atoms with Crippen LogP contribution in [0.2, 0.25) is 0 Å². The van der Waals surface area contributed by atoms with Gasteiger partial charge in [-0.2, -0.15) is 0 Å². The van der Waals surface area contributed by atoms with Crippen molar-refractivity contribution in [3.05, 3.63) is 47.5 Å². The topological polar surface area (TPSA) is 67.1 Å². The van der Waals surface area contributed by atoms with Crippen LogP contribution in [0.5, 0.6) is 0 Å². The molecule has 136 valence electrons. The van der Waals surface area contributed by atoms with Crippen LogP contribution in [0.25, 0.3) is 0 Å². The van der Waals surface area contributed by atoms with Gasteiger partial charge in [0, 0.05) is 26.1 Å². The van der Waals surface area contributed by atoms with E-state index in [1.165, 1.54) is 17.5 Å². The molecule has 25 heavy (non-hydrogen) atoms. The zero-order valence-corrected chi connectivity index (χ0v) is 15.6. The minimum atomic E-state index is 0.682. The molecule has 1 heterocycles. The van der Waals surface area contributed by atoms with Crippen LogP contribution in [0.15, 0.2) is 35.6 Å². The highest BCUT2D eigenvalue weighted by molar-refractivity contribution is 5.79. The summed E-state index contributed by atoms with van der Waals surface area (Å²) in [6.07, 6.45) is 4.98. The second-order valence-corrected chi connectivity index (χ2v) is 6.09. The molecule has 1 aromatic heterocycles. The fourth-order valence-electron chi connectivity index (χ4n) is 2.54. The molecule has 0 radical (unpaired) electrons. The molecule has 0 aliphatic carbocycles. The van der Waals surface area contributed by atoms with Crippen molar-refractivity contribution in [3.8, 4) is 0 Å². The van der Waals surface area contributed by atoms with Crippen molar-refractivity contribution < 1.29 is 0 Å². The predicted molar refractivity (Wildman–Crippen MR) is 103 cm³/mol. The van der Waals surface area contributed by atoms with Gasteiger partial charge in [0.25, 0.3) is 0 Å². The van der Waals surface area contributed by atoms with Crippen LogP contribution in [0, 0.1) is 6.92 Å². The molecule has 0 amide bonds. The number of nitrogens with one attached hydrogen (secondary N) is 2. The monoisotopic (exact) mass is 342 g/mol. The quantitative estimate of drug-likeness (QED) is 0.418. The van der Waals surface area contributed by atoms with E-state index in [1.54, 1.807) is 6.33 Å². The maximum atomic E-state index is 4.74. The van der Waals surface area contributed by atoms with Gasteiger partial charge in [0.1, 0.15) is 12.2 Å². The van der Waals surface area contributed by atoms with Gasteiger partial charge in [-0.3, -0.25) is 0 Å². The lowest BCUT2D eigenvalue weighted by molar-refractivity contribution is 0.628. The van der Waals surface area contributed by atoms with Crippen LogP contribution in [-0.2, 0) is 19.5 Å². The highest BCUT2D eigenvalue weighted by atomic mass is 15.3. The lowest BCUT2D eigenvalue weighted by Crippen LogP contribution is -2.39. The van der Waals surface area contributed by atoms with E-state index in [4.69, 9.17) is 4.99 Å². The van der Waals surface area contributed by atoms with Gasteiger partial charge >= 0.3 is 0 Å². The van der Waals surface area contributed by atoms with Crippen LogP contribution >= 0.6 is 0 Å². The van der Waals surface area contributed by atoms with E-state index in [-0.39, 0.29) is 0 Å².